The van der Waals surface area contributed by atoms with Gasteiger partial charge in [0.2, 0.25) is 5.91 Å². The Bertz CT molecular complexity index is 747. The van der Waals surface area contributed by atoms with E-state index < -0.39 is 12.0 Å². The van der Waals surface area contributed by atoms with Crippen LogP contribution in [0.25, 0.3) is 0 Å². The fraction of sp³-hybridized carbons (Fsp3) is 0.263. The highest BCUT2D eigenvalue weighted by Gasteiger charge is 2.35. The molecule has 4 nitrogen and oxygen atoms in total. The van der Waals surface area contributed by atoms with Crippen LogP contribution in [0.1, 0.15) is 24.0 Å². The topological polar surface area (TPSA) is 57.6 Å². The second kappa shape index (κ2) is 7.09. The number of carbonyl (C=O) groups excluding carboxylic acids is 1. The fourth-order valence-electron chi connectivity index (χ4n) is 2.89. The molecule has 24 heavy (non-hydrogen) atoms. The molecule has 0 saturated heterocycles. The molecule has 1 amide bonds. The monoisotopic (exact) mass is 341 g/mol. The Morgan fingerprint density at radius 1 is 1.17 bits per heavy atom. The molecule has 1 N–H and O–H groups in total. The summed E-state index contributed by atoms with van der Waals surface area (Å²) < 4.78 is 0. The lowest BCUT2D eigenvalue weighted by Gasteiger charge is -2.29. The molecule has 1 aliphatic heterocycles. The van der Waals surface area contributed by atoms with E-state index in [2.05, 4.69) is 0 Å². The number of hydrogen-bond acceptors (Lipinski definition) is 3. The average molecular weight is 341 g/mol. The van der Waals surface area contributed by atoms with Crippen molar-refractivity contribution >= 4 is 23.6 Å². The summed E-state index contributed by atoms with van der Waals surface area (Å²) in [7, 11) is 0. The highest BCUT2D eigenvalue weighted by molar-refractivity contribution is 7.99. The zero-order valence-corrected chi connectivity index (χ0v) is 14.2. The van der Waals surface area contributed by atoms with Crippen molar-refractivity contribution in [3.05, 3.63) is 65.7 Å². The van der Waals surface area contributed by atoms with Crippen LogP contribution < -0.4 is 0 Å². The number of rotatable bonds is 5. The Balaban J connectivity index is 1.88. The Kier molecular flexibility index (Phi) is 4.90. The summed E-state index contributed by atoms with van der Waals surface area (Å²) in [6.45, 7) is 1.87. The first-order valence-corrected chi connectivity index (χ1v) is 8.85. The molecule has 2 aromatic rings. The molecule has 3 rings (SSSR count). The van der Waals surface area contributed by atoms with Crippen molar-refractivity contribution in [2.45, 2.75) is 30.3 Å². The lowest BCUT2D eigenvalue weighted by atomic mass is 9.98. The van der Waals surface area contributed by atoms with Gasteiger partial charge in [0, 0.05) is 17.2 Å². The quantitative estimate of drug-likeness (QED) is 0.906. The summed E-state index contributed by atoms with van der Waals surface area (Å²) in [6, 6.07) is 16.5. The summed E-state index contributed by atoms with van der Waals surface area (Å²) in [4.78, 5) is 27.2. The predicted octanol–water partition coefficient (Wildman–Crippen LogP) is 3.38. The molecular weight excluding hydrogens is 322 g/mol. The number of hydrogen-bond donors (Lipinski definition) is 1. The first-order chi connectivity index (χ1) is 11.6. The van der Waals surface area contributed by atoms with Gasteiger partial charge in [-0.15, -0.1) is 11.8 Å². The van der Waals surface area contributed by atoms with E-state index in [0.29, 0.717) is 12.3 Å². The largest absolute Gasteiger partial charge is 0.480 e. The molecule has 0 aliphatic carbocycles. The number of aliphatic carboxylic acids is 1. The number of carbonyl (C=O) groups is 2. The van der Waals surface area contributed by atoms with Crippen LogP contribution in [-0.4, -0.2) is 33.7 Å². The highest BCUT2D eigenvalue weighted by Crippen LogP contribution is 2.40. The van der Waals surface area contributed by atoms with E-state index in [1.807, 2.05) is 54.6 Å². The second-order valence-corrected chi connectivity index (χ2v) is 6.93. The molecule has 2 aromatic carbocycles. The zero-order chi connectivity index (χ0) is 17.1. The summed E-state index contributed by atoms with van der Waals surface area (Å²) in [5.41, 5.74) is 1.93. The van der Waals surface area contributed by atoms with Crippen molar-refractivity contribution in [2.75, 3.05) is 5.75 Å². The third-order valence-corrected chi connectivity index (χ3v) is 5.48. The lowest BCUT2D eigenvalue weighted by Crippen LogP contribution is -2.45. The number of fused-ring (bicyclic) bond motifs is 1. The average Bonchev–Trinajstić information content (AvgIpc) is 3.03. The van der Waals surface area contributed by atoms with Gasteiger partial charge in [0.1, 0.15) is 6.04 Å². The van der Waals surface area contributed by atoms with E-state index in [4.69, 9.17) is 0 Å². The van der Waals surface area contributed by atoms with Crippen molar-refractivity contribution in [1.82, 2.24) is 4.90 Å². The van der Waals surface area contributed by atoms with Crippen molar-refractivity contribution in [3.63, 3.8) is 0 Å². The minimum atomic E-state index is -0.988. The van der Waals surface area contributed by atoms with Crippen LogP contribution in [0.4, 0.5) is 0 Å². The molecule has 5 heteroatoms. The summed E-state index contributed by atoms with van der Waals surface area (Å²) in [5, 5.41) is 9.42. The zero-order valence-electron chi connectivity index (χ0n) is 13.4. The normalized spacial score (nSPS) is 17.1. The Labute approximate surface area is 145 Å². The molecule has 0 aromatic heterocycles. The molecule has 0 bridgehead atoms. The maximum Gasteiger partial charge on any atom is 0.326 e. The van der Waals surface area contributed by atoms with Crippen molar-refractivity contribution in [1.29, 1.82) is 0 Å². The third kappa shape index (κ3) is 3.31. The van der Waals surface area contributed by atoms with Gasteiger partial charge in [-0.1, -0.05) is 48.5 Å². The van der Waals surface area contributed by atoms with Gasteiger partial charge in [-0.25, -0.2) is 4.79 Å². The van der Waals surface area contributed by atoms with E-state index >= 15 is 0 Å². The smallest absolute Gasteiger partial charge is 0.326 e. The molecule has 1 aliphatic rings. The first-order valence-electron chi connectivity index (χ1n) is 7.87. The maximum atomic E-state index is 13.1. The van der Waals surface area contributed by atoms with Crippen molar-refractivity contribution in [2.24, 2.45) is 0 Å². The number of benzene rings is 2. The molecule has 0 spiro atoms. The summed E-state index contributed by atoms with van der Waals surface area (Å²) in [5.74, 6) is -0.725. The van der Waals surface area contributed by atoms with Crippen LogP contribution in [0, 0.1) is 0 Å². The summed E-state index contributed by atoms with van der Waals surface area (Å²) in [6.07, 6.45) is 0. The number of nitrogens with zero attached hydrogens (tertiary/aromatic N) is 1. The number of thioether (sulfide) groups is 1. The van der Waals surface area contributed by atoms with Crippen LogP contribution in [0.15, 0.2) is 59.5 Å². The molecule has 1 heterocycles. The van der Waals surface area contributed by atoms with Gasteiger partial charge < -0.3 is 10.0 Å². The van der Waals surface area contributed by atoms with Gasteiger partial charge in [-0.05, 0) is 24.1 Å². The molecular formula is C19H19NO3S. The predicted molar refractivity (Wildman–Crippen MR) is 94.0 cm³/mol. The Morgan fingerprint density at radius 2 is 1.83 bits per heavy atom. The highest BCUT2D eigenvalue weighted by atomic mass is 32.2. The number of amides is 1. The lowest BCUT2D eigenvalue weighted by molar-refractivity contribution is -0.150. The summed E-state index contributed by atoms with van der Waals surface area (Å²) >= 11 is 1.65. The second-order valence-electron chi connectivity index (χ2n) is 5.87. The molecule has 0 radical (unpaired) electrons. The van der Waals surface area contributed by atoms with Crippen LogP contribution in [0.3, 0.4) is 0 Å². The van der Waals surface area contributed by atoms with Gasteiger partial charge in [0.25, 0.3) is 0 Å². The minimum Gasteiger partial charge on any atom is -0.480 e. The van der Waals surface area contributed by atoms with Gasteiger partial charge in [0.05, 0.1) is 5.92 Å². The van der Waals surface area contributed by atoms with Gasteiger partial charge >= 0.3 is 5.97 Å². The van der Waals surface area contributed by atoms with Crippen LogP contribution in [0.5, 0.6) is 0 Å². The first kappa shape index (κ1) is 16.6. The minimum absolute atomic E-state index is 0.119. The standard InChI is InChI=1S/C19H19NO3S/c1-13(19(22)23)20(11-14-7-3-2-4-8-14)18(21)16-12-24-17-10-6-5-9-15(16)17/h2-10,13,16H,11-12H2,1H3,(H,22,23). The fourth-order valence-corrected chi connectivity index (χ4v) is 4.11. The molecule has 2 unspecified atom stereocenters. The Hall–Kier alpha value is -2.27. The van der Waals surface area contributed by atoms with Crippen LogP contribution in [-0.2, 0) is 16.1 Å². The van der Waals surface area contributed by atoms with Crippen molar-refractivity contribution in [3.8, 4) is 0 Å². The number of carboxylic acid groups (broad SMARTS) is 1. The third-order valence-electron chi connectivity index (χ3n) is 4.30. The van der Waals surface area contributed by atoms with Crippen LogP contribution >= 0.6 is 11.8 Å². The van der Waals surface area contributed by atoms with Gasteiger partial charge in [0.15, 0.2) is 0 Å². The van der Waals surface area contributed by atoms with Crippen molar-refractivity contribution < 1.29 is 14.7 Å². The van der Waals surface area contributed by atoms with Crippen LogP contribution in [0.2, 0.25) is 0 Å². The molecule has 0 fully saturated rings. The van der Waals surface area contributed by atoms with E-state index in [1.165, 1.54) is 4.90 Å². The van der Waals surface area contributed by atoms with E-state index in [1.54, 1.807) is 18.7 Å². The van der Waals surface area contributed by atoms with E-state index in [0.717, 1.165) is 16.0 Å². The SMILES string of the molecule is CC(C(=O)O)N(Cc1ccccc1)C(=O)C1CSc2ccccc21. The van der Waals surface area contributed by atoms with E-state index in [-0.39, 0.29) is 11.8 Å². The molecule has 124 valence electrons. The maximum absolute atomic E-state index is 13.1. The van der Waals surface area contributed by atoms with Gasteiger partial charge in [-0.3, -0.25) is 4.79 Å². The van der Waals surface area contributed by atoms with E-state index in [9.17, 15) is 14.7 Å². The van der Waals surface area contributed by atoms with Gasteiger partial charge in [-0.2, -0.15) is 0 Å². The Morgan fingerprint density at radius 3 is 2.54 bits per heavy atom. The molecule has 2 atom stereocenters. The number of carboxylic acids is 1. The molecule has 0 saturated carbocycles.